The second-order valence-corrected chi connectivity index (χ2v) is 6.92. The standard InChI is InChI=1S/C15H19BrClNO/c1-9-3-6-14(10(2)7-9)18-15(19)12-8-11(16)4-5-13(12)17/h4-5,8-10,14H,3,6-7H2,1-2H3,(H,18,19). The van der Waals surface area contributed by atoms with Gasteiger partial charge in [-0.25, -0.2) is 0 Å². The Bertz CT molecular complexity index is 477. The van der Waals surface area contributed by atoms with Gasteiger partial charge in [0.2, 0.25) is 0 Å². The van der Waals surface area contributed by atoms with Gasteiger partial charge in [0.25, 0.3) is 5.91 Å². The van der Waals surface area contributed by atoms with E-state index in [0.717, 1.165) is 16.8 Å². The highest BCUT2D eigenvalue weighted by atomic mass is 79.9. The molecule has 3 unspecified atom stereocenters. The molecule has 3 atom stereocenters. The molecule has 2 nitrogen and oxygen atoms in total. The Balaban J connectivity index is 2.06. The molecule has 2 rings (SSSR count). The maximum Gasteiger partial charge on any atom is 0.253 e. The molecule has 1 aliphatic rings. The summed E-state index contributed by atoms with van der Waals surface area (Å²) in [7, 11) is 0. The molecule has 1 aromatic carbocycles. The van der Waals surface area contributed by atoms with Crippen LogP contribution in [0.25, 0.3) is 0 Å². The lowest BCUT2D eigenvalue weighted by Gasteiger charge is -2.33. The van der Waals surface area contributed by atoms with Crippen molar-refractivity contribution in [2.45, 2.75) is 39.2 Å². The molecule has 0 radical (unpaired) electrons. The molecule has 1 amide bonds. The highest BCUT2D eigenvalue weighted by Crippen LogP contribution is 2.29. The molecule has 4 heteroatoms. The minimum absolute atomic E-state index is 0.0716. The summed E-state index contributed by atoms with van der Waals surface area (Å²) in [6, 6.07) is 5.61. The molecule has 1 fully saturated rings. The van der Waals surface area contributed by atoms with Crippen LogP contribution in [0.5, 0.6) is 0 Å². The Kier molecular flexibility index (Phi) is 4.91. The lowest BCUT2D eigenvalue weighted by molar-refractivity contribution is 0.0899. The van der Waals surface area contributed by atoms with Crippen molar-refractivity contribution in [2.75, 3.05) is 0 Å². The molecule has 1 aliphatic carbocycles. The van der Waals surface area contributed by atoms with Crippen LogP contribution in [0.1, 0.15) is 43.5 Å². The Morgan fingerprint density at radius 2 is 2.11 bits per heavy atom. The van der Waals surface area contributed by atoms with Gasteiger partial charge in [-0.2, -0.15) is 0 Å². The van der Waals surface area contributed by atoms with Crippen LogP contribution in [0, 0.1) is 11.8 Å². The molecule has 0 bridgehead atoms. The molecule has 1 saturated carbocycles. The third-order valence-electron chi connectivity index (χ3n) is 3.92. The molecule has 0 aliphatic heterocycles. The van der Waals surface area contributed by atoms with Gasteiger partial charge in [0, 0.05) is 10.5 Å². The first-order valence-corrected chi connectivity index (χ1v) is 7.90. The van der Waals surface area contributed by atoms with Crippen LogP contribution in [-0.4, -0.2) is 11.9 Å². The van der Waals surface area contributed by atoms with E-state index in [-0.39, 0.29) is 11.9 Å². The lowest BCUT2D eigenvalue weighted by atomic mass is 9.80. The summed E-state index contributed by atoms with van der Waals surface area (Å²) in [6.07, 6.45) is 3.42. The number of amides is 1. The Morgan fingerprint density at radius 3 is 2.79 bits per heavy atom. The first-order chi connectivity index (χ1) is 8.97. The maximum absolute atomic E-state index is 12.3. The van der Waals surface area contributed by atoms with Crippen molar-refractivity contribution in [3.8, 4) is 0 Å². The van der Waals surface area contributed by atoms with E-state index >= 15 is 0 Å². The van der Waals surface area contributed by atoms with E-state index in [1.807, 2.05) is 6.07 Å². The Labute approximate surface area is 128 Å². The van der Waals surface area contributed by atoms with E-state index in [1.165, 1.54) is 12.8 Å². The van der Waals surface area contributed by atoms with Crippen LogP contribution in [0.15, 0.2) is 22.7 Å². The predicted octanol–water partition coefficient (Wildman–Crippen LogP) is 4.66. The number of hydrogen-bond acceptors (Lipinski definition) is 1. The zero-order chi connectivity index (χ0) is 14.0. The molecule has 0 heterocycles. The van der Waals surface area contributed by atoms with Gasteiger partial charge in [0.1, 0.15) is 0 Å². The van der Waals surface area contributed by atoms with Crippen LogP contribution in [-0.2, 0) is 0 Å². The summed E-state index contributed by atoms with van der Waals surface area (Å²) in [5.74, 6) is 1.22. The van der Waals surface area contributed by atoms with Gasteiger partial charge in [-0.05, 0) is 49.3 Å². The third-order valence-corrected chi connectivity index (χ3v) is 4.74. The third kappa shape index (κ3) is 3.73. The molecule has 0 saturated heterocycles. The number of rotatable bonds is 2. The number of hydrogen-bond donors (Lipinski definition) is 1. The van der Waals surface area contributed by atoms with Gasteiger partial charge < -0.3 is 5.32 Å². The smallest absolute Gasteiger partial charge is 0.253 e. The van der Waals surface area contributed by atoms with Crippen molar-refractivity contribution < 1.29 is 4.79 Å². The fraction of sp³-hybridized carbons (Fsp3) is 0.533. The highest BCUT2D eigenvalue weighted by Gasteiger charge is 2.27. The highest BCUT2D eigenvalue weighted by molar-refractivity contribution is 9.10. The van der Waals surface area contributed by atoms with E-state index < -0.39 is 0 Å². The SMILES string of the molecule is CC1CCC(NC(=O)c2cc(Br)ccc2Cl)C(C)C1. The van der Waals surface area contributed by atoms with Crippen molar-refractivity contribution in [1.82, 2.24) is 5.32 Å². The second kappa shape index (κ2) is 6.27. The first-order valence-electron chi connectivity index (χ1n) is 6.73. The minimum Gasteiger partial charge on any atom is -0.349 e. The summed E-state index contributed by atoms with van der Waals surface area (Å²) in [6.45, 7) is 4.49. The van der Waals surface area contributed by atoms with E-state index in [0.29, 0.717) is 16.5 Å². The number of carbonyl (C=O) groups is 1. The maximum atomic E-state index is 12.3. The summed E-state index contributed by atoms with van der Waals surface area (Å²) in [5, 5.41) is 3.63. The molecule has 0 spiro atoms. The van der Waals surface area contributed by atoms with Crippen LogP contribution in [0.3, 0.4) is 0 Å². The van der Waals surface area contributed by atoms with E-state index in [2.05, 4.69) is 35.1 Å². The number of benzene rings is 1. The summed E-state index contributed by atoms with van der Waals surface area (Å²) in [4.78, 5) is 12.3. The molecule has 0 aromatic heterocycles. The number of nitrogens with one attached hydrogen (secondary N) is 1. The van der Waals surface area contributed by atoms with Gasteiger partial charge in [-0.15, -0.1) is 0 Å². The topological polar surface area (TPSA) is 29.1 Å². The zero-order valence-corrected chi connectivity index (χ0v) is 13.6. The normalized spacial score (nSPS) is 27.1. The van der Waals surface area contributed by atoms with Crippen molar-refractivity contribution in [3.05, 3.63) is 33.3 Å². The Hall–Kier alpha value is -0.540. The van der Waals surface area contributed by atoms with Gasteiger partial charge in [-0.3, -0.25) is 4.79 Å². The van der Waals surface area contributed by atoms with Gasteiger partial charge in [0.05, 0.1) is 10.6 Å². The van der Waals surface area contributed by atoms with Crippen molar-refractivity contribution in [3.63, 3.8) is 0 Å². The fourth-order valence-electron chi connectivity index (χ4n) is 2.80. The van der Waals surface area contributed by atoms with Crippen molar-refractivity contribution in [2.24, 2.45) is 11.8 Å². The average Bonchev–Trinajstić information content (AvgIpc) is 2.35. The zero-order valence-electron chi connectivity index (χ0n) is 11.2. The fourth-order valence-corrected chi connectivity index (χ4v) is 3.36. The largest absolute Gasteiger partial charge is 0.349 e. The van der Waals surface area contributed by atoms with Crippen LogP contribution >= 0.6 is 27.5 Å². The van der Waals surface area contributed by atoms with Crippen LogP contribution < -0.4 is 5.32 Å². The average molecular weight is 345 g/mol. The van der Waals surface area contributed by atoms with Gasteiger partial charge >= 0.3 is 0 Å². The van der Waals surface area contributed by atoms with Gasteiger partial charge in [0.15, 0.2) is 0 Å². The predicted molar refractivity (Wildman–Crippen MR) is 82.6 cm³/mol. The Morgan fingerprint density at radius 1 is 1.37 bits per heavy atom. The van der Waals surface area contributed by atoms with E-state index in [1.54, 1.807) is 12.1 Å². The molecular weight excluding hydrogens is 326 g/mol. The van der Waals surface area contributed by atoms with E-state index in [9.17, 15) is 4.79 Å². The van der Waals surface area contributed by atoms with E-state index in [4.69, 9.17) is 11.6 Å². The second-order valence-electron chi connectivity index (χ2n) is 5.60. The molecular formula is C15H19BrClNO. The number of halogens is 2. The van der Waals surface area contributed by atoms with Crippen molar-refractivity contribution >= 4 is 33.4 Å². The lowest BCUT2D eigenvalue weighted by Crippen LogP contribution is -2.42. The monoisotopic (exact) mass is 343 g/mol. The molecule has 19 heavy (non-hydrogen) atoms. The molecule has 104 valence electrons. The summed E-state index contributed by atoms with van der Waals surface area (Å²) < 4.78 is 0.868. The summed E-state index contributed by atoms with van der Waals surface area (Å²) >= 11 is 9.46. The molecule has 1 aromatic rings. The first kappa shape index (κ1) is 14.9. The van der Waals surface area contributed by atoms with Gasteiger partial charge in [-0.1, -0.05) is 41.4 Å². The minimum atomic E-state index is -0.0716. The number of carbonyl (C=O) groups excluding carboxylic acids is 1. The van der Waals surface area contributed by atoms with Crippen LogP contribution in [0.2, 0.25) is 5.02 Å². The quantitative estimate of drug-likeness (QED) is 0.831. The molecule has 1 N–H and O–H groups in total. The van der Waals surface area contributed by atoms with Crippen molar-refractivity contribution in [1.29, 1.82) is 0 Å². The summed E-state index contributed by atoms with van der Waals surface area (Å²) in [5.41, 5.74) is 0.543. The van der Waals surface area contributed by atoms with Crippen LogP contribution in [0.4, 0.5) is 0 Å².